The number of halogens is 1. The van der Waals surface area contributed by atoms with Gasteiger partial charge in [0.1, 0.15) is 23.2 Å². The average molecular weight is 378 g/mol. The fraction of sp³-hybridized carbons (Fsp3) is 0.300. The molecule has 0 amide bonds. The maximum Gasteiger partial charge on any atom is 0.170 e. The number of benzene rings is 1. The molecular weight excluding hydrogens is 359 g/mol. The number of aryl methyl sites for hydroxylation is 1. The minimum Gasteiger partial charge on any atom is -0.356 e. The number of rotatable bonds is 3. The van der Waals surface area contributed by atoms with Gasteiger partial charge in [-0.05, 0) is 25.1 Å². The van der Waals surface area contributed by atoms with Gasteiger partial charge in [-0.3, -0.25) is 9.88 Å². The fourth-order valence-electron chi connectivity index (χ4n) is 3.73. The van der Waals surface area contributed by atoms with Gasteiger partial charge in [-0.15, -0.1) is 0 Å². The topological polar surface area (TPSA) is 71.2 Å². The molecule has 0 saturated carbocycles. The Hall–Kier alpha value is -3.13. The molecule has 0 spiro atoms. The Bertz CT molecular complexity index is 1150. The van der Waals surface area contributed by atoms with Crippen LogP contribution in [0.4, 0.5) is 10.2 Å². The van der Waals surface area contributed by atoms with E-state index in [0.29, 0.717) is 12.1 Å². The van der Waals surface area contributed by atoms with Gasteiger partial charge >= 0.3 is 0 Å². The van der Waals surface area contributed by atoms with E-state index in [2.05, 4.69) is 29.9 Å². The molecule has 7 nitrogen and oxygen atoms in total. The molecule has 1 fully saturated rings. The third-order valence-electron chi connectivity index (χ3n) is 5.14. The first-order chi connectivity index (χ1) is 13.7. The predicted molar refractivity (Wildman–Crippen MR) is 104 cm³/mol. The number of piperazine rings is 1. The number of aromatic nitrogens is 4. The van der Waals surface area contributed by atoms with E-state index in [1.165, 1.54) is 12.1 Å². The fourth-order valence-corrected chi connectivity index (χ4v) is 3.73. The van der Waals surface area contributed by atoms with E-state index in [0.717, 1.165) is 59.8 Å². The first kappa shape index (κ1) is 17.0. The van der Waals surface area contributed by atoms with Crippen LogP contribution in [0.25, 0.3) is 21.9 Å². The summed E-state index contributed by atoms with van der Waals surface area (Å²) in [6.07, 6.45) is 3.56. The minimum absolute atomic E-state index is 0.314. The smallest absolute Gasteiger partial charge is 0.170 e. The van der Waals surface area contributed by atoms with Crippen LogP contribution in [0.3, 0.4) is 0 Å². The molecule has 8 heteroatoms. The molecule has 1 aromatic carbocycles. The van der Waals surface area contributed by atoms with Gasteiger partial charge < -0.3 is 9.42 Å². The highest BCUT2D eigenvalue weighted by Crippen LogP contribution is 2.25. The van der Waals surface area contributed by atoms with Crippen LogP contribution in [0.1, 0.15) is 11.5 Å². The molecule has 4 aromatic rings. The Morgan fingerprint density at radius 1 is 1.07 bits per heavy atom. The van der Waals surface area contributed by atoms with Crippen molar-refractivity contribution in [1.82, 2.24) is 25.0 Å². The van der Waals surface area contributed by atoms with E-state index in [-0.39, 0.29) is 5.82 Å². The number of pyridine rings is 1. The second-order valence-electron chi connectivity index (χ2n) is 7.02. The lowest BCUT2D eigenvalue weighted by molar-refractivity contribution is 0.243. The van der Waals surface area contributed by atoms with Gasteiger partial charge in [0.25, 0.3) is 0 Å². The highest BCUT2D eigenvalue weighted by Gasteiger charge is 2.22. The summed E-state index contributed by atoms with van der Waals surface area (Å²) < 4.78 is 18.6. The summed E-state index contributed by atoms with van der Waals surface area (Å²) >= 11 is 0. The first-order valence-corrected chi connectivity index (χ1v) is 9.27. The van der Waals surface area contributed by atoms with E-state index >= 15 is 0 Å². The molecule has 1 aliphatic heterocycles. The van der Waals surface area contributed by atoms with E-state index in [1.54, 1.807) is 18.5 Å². The highest BCUT2D eigenvalue weighted by atomic mass is 19.1. The molecule has 4 heterocycles. The highest BCUT2D eigenvalue weighted by molar-refractivity contribution is 5.88. The van der Waals surface area contributed by atoms with Crippen LogP contribution >= 0.6 is 0 Å². The lowest BCUT2D eigenvalue weighted by Gasteiger charge is -2.35. The van der Waals surface area contributed by atoms with Crippen molar-refractivity contribution in [1.29, 1.82) is 0 Å². The van der Waals surface area contributed by atoms with Gasteiger partial charge in [-0.2, -0.15) is 0 Å². The van der Waals surface area contributed by atoms with Crippen molar-refractivity contribution in [2.75, 3.05) is 31.1 Å². The largest absolute Gasteiger partial charge is 0.356 e. The van der Waals surface area contributed by atoms with Crippen LogP contribution < -0.4 is 4.90 Å². The van der Waals surface area contributed by atoms with Crippen LogP contribution in [-0.2, 0) is 6.54 Å². The van der Waals surface area contributed by atoms with Crippen molar-refractivity contribution in [3.63, 3.8) is 0 Å². The lowest BCUT2D eigenvalue weighted by Crippen LogP contribution is -2.46. The monoisotopic (exact) mass is 378 g/mol. The summed E-state index contributed by atoms with van der Waals surface area (Å²) in [6.45, 7) is 6.07. The van der Waals surface area contributed by atoms with Gasteiger partial charge in [0, 0.05) is 55.8 Å². The minimum atomic E-state index is -0.314. The molecule has 28 heavy (non-hydrogen) atoms. The molecule has 1 aliphatic rings. The summed E-state index contributed by atoms with van der Waals surface area (Å²) in [4.78, 5) is 17.9. The number of fused-ring (bicyclic) bond motifs is 2. The second-order valence-corrected chi connectivity index (χ2v) is 7.02. The van der Waals surface area contributed by atoms with Gasteiger partial charge in [0.2, 0.25) is 0 Å². The van der Waals surface area contributed by atoms with Crippen molar-refractivity contribution in [2.24, 2.45) is 0 Å². The Kier molecular flexibility index (Phi) is 4.12. The molecule has 0 N–H and O–H groups in total. The quantitative estimate of drug-likeness (QED) is 0.543. The van der Waals surface area contributed by atoms with Gasteiger partial charge in [0.15, 0.2) is 5.58 Å². The van der Waals surface area contributed by atoms with Crippen LogP contribution in [0.15, 0.2) is 41.2 Å². The maximum atomic E-state index is 13.3. The average Bonchev–Trinajstić information content (AvgIpc) is 3.09. The zero-order valence-electron chi connectivity index (χ0n) is 15.5. The van der Waals surface area contributed by atoms with Gasteiger partial charge in [-0.1, -0.05) is 5.16 Å². The number of hydrogen-bond donors (Lipinski definition) is 0. The standard InChI is InChI=1S/C20H19FN6O/c1-13-23-17-11-22-5-4-16(17)20(24-13)27-8-6-26(7-9-27)12-18-15-3-2-14(21)10-19(15)28-25-18/h2-5,10-11H,6-9,12H2,1H3. The number of anilines is 1. The molecule has 3 aromatic heterocycles. The van der Waals surface area contributed by atoms with Crippen molar-refractivity contribution in [3.8, 4) is 0 Å². The molecule has 0 atom stereocenters. The molecule has 5 rings (SSSR count). The Morgan fingerprint density at radius 2 is 1.93 bits per heavy atom. The Balaban J connectivity index is 1.33. The van der Waals surface area contributed by atoms with Crippen LogP contribution in [0, 0.1) is 12.7 Å². The van der Waals surface area contributed by atoms with Crippen molar-refractivity contribution in [3.05, 3.63) is 54.0 Å². The van der Waals surface area contributed by atoms with Gasteiger partial charge in [0.05, 0.1) is 11.7 Å². The summed E-state index contributed by atoms with van der Waals surface area (Å²) in [6, 6.07) is 6.52. The zero-order chi connectivity index (χ0) is 19.1. The third kappa shape index (κ3) is 3.05. The molecule has 0 aliphatic carbocycles. The van der Waals surface area contributed by atoms with E-state index < -0.39 is 0 Å². The summed E-state index contributed by atoms with van der Waals surface area (Å²) in [7, 11) is 0. The first-order valence-electron chi connectivity index (χ1n) is 9.27. The van der Waals surface area contributed by atoms with Crippen LogP contribution in [0.5, 0.6) is 0 Å². The normalized spacial score (nSPS) is 15.6. The second kappa shape index (κ2) is 6.79. The molecule has 0 bridgehead atoms. The van der Waals surface area contributed by atoms with E-state index in [9.17, 15) is 4.39 Å². The summed E-state index contributed by atoms with van der Waals surface area (Å²) in [5.41, 5.74) is 2.21. The van der Waals surface area contributed by atoms with E-state index in [4.69, 9.17) is 4.52 Å². The Labute approximate surface area is 160 Å². The maximum absolute atomic E-state index is 13.3. The van der Waals surface area contributed by atoms with Crippen molar-refractivity contribution in [2.45, 2.75) is 13.5 Å². The van der Waals surface area contributed by atoms with Crippen LogP contribution in [0.2, 0.25) is 0 Å². The van der Waals surface area contributed by atoms with Crippen LogP contribution in [-0.4, -0.2) is 51.2 Å². The third-order valence-corrected chi connectivity index (χ3v) is 5.14. The molecule has 1 saturated heterocycles. The molecule has 142 valence electrons. The number of hydrogen-bond acceptors (Lipinski definition) is 7. The Morgan fingerprint density at radius 3 is 2.79 bits per heavy atom. The van der Waals surface area contributed by atoms with E-state index in [1.807, 2.05) is 13.0 Å². The van der Waals surface area contributed by atoms with Gasteiger partial charge in [-0.25, -0.2) is 14.4 Å². The SMILES string of the molecule is Cc1nc(N2CCN(Cc3noc4cc(F)ccc34)CC2)c2ccncc2n1. The molecule has 0 radical (unpaired) electrons. The zero-order valence-corrected chi connectivity index (χ0v) is 15.5. The van der Waals surface area contributed by atoms with Crippen molar-refractivity contribution >= 4 is 27.7 Å². The van der Waals surface area contributed by atoms with Crippen molar-refractivity contribution < 1.29 is 8.91 Å². The summed E-state index contributed by atoms with van der Waals surface area (Å²) in [5, 5.41) is 6.03. The predicted octanol–water partition coefficient (Wildman–Crippen LogP) is 2.94. The molecule has 0 unspecified atom stereocenters. The molecular formula is C20H19FN6O. The lowest BCUT2D eigenvalue weighted by atomic mass is 10.2. The number of nitrogens with zero attached hydrogens (tertiary/aromatic N) is 6. The summed E-state index contributed by atoms with van der Waals surface area (Å²) in [5.74, 6) is 1.40.